The molecule has 81 heavy (non-hydrogen) atoms. The van der Waals surface area contributed by atoms with Crippen LogP contribution in [0.15, 0.2) is 0 Å². The third-order valence-electron chi connectivity index (χ3n) is 14.5. The number of hydrogen-bond acceptors (Lipinski definition) is 15. The SMILES string of the molecule is CCCCCCCC(=O)OC[C@H](COP(=O)(O)OC[C@H](O)COP(=O)(O)OC[C@@H](COC(=O)CCCCCCCCCCCC(C)C)OC(=O)CCCCCCCCCCCCCC(C)C)OC(=O)CCCCCCCCC(C)CC. The first-order valence-corrected chi connectivity index (χ1v) is 35.4. The Morgan fingerprint density at radius 3 is 0.938 bits per heavy atom. The van der Waals surface area contributed by atoms with Crippen LogP contribution in [0.2, 0.25) is 0 Å². The van der Waals surface area contributed by atoms with Crippen LogP contribution in [0.1, 0.15) is 299 Å². The van der Waals surface area contributed by atoms with E-state index in [2.05, 4.69) is 48.5 Å². The number of rotatable bonds is 60. The first-order valence-electron chi connectivity index (χ1n) is 32.4. The maximum atomic E-state index is 13.0. The molecule has 0 amide bonds. The summed E-state index contributed by atoms with van der Waals surface area (Å²) in [6.45, 7) is 11.6. The van der Waals surface area contributed by atoms with Crippen molar-refractivity contribution in [1.29, 1.82) is 0 Å². The van der Waals surface area contributed by atoms with Gasteiger partial charge < -0.3 is 33.8 Å². The molecule has 0 rings (SSSR count). The van der Waals surface area contributed by atoms with Crippen molar-refractivity contribution in [2.45, 2.75) is 317 Å². The minimum atomic E-state index is -4.94. The number of hydrogen-bond donors (Lipinski definition) is 3. The van der Waals surface area contributed by atoms with Gasteiger partial charge in [0.1, 0.15) is 19.3 Å². The van der Waals surface area contributed by atoms with Crippen molar-refractivity contribution in [3.8, 4) is 0 Å². The minimum Gasteiger partial charge on any atom is -0.462 e. The van der Waals surface area contributed by atoms with Crippen LogP contribution < -0.4 is 0 Å². The number of unbranched alkanes of at least 4 members (excludes halogenated alkanes) is 27. The molecule has 0 aliphatic heterocycles. The van der Waals surface area contributed by atoms with Crippen LogP contribution in [-0.2, 0) is 65.4 Å². The highest BCUT2D eigenvalue weighted by molar-refractivity contribution is 7.47. The molecule has 3 N–H and O–H groups in total. The van der Waals surface area contributed by atoms with Gasteiger partial charge in [-0.15, -0.1) is 0 Å². The summed E-state index contributed by atoms with van der Waals surface area (Å²) in [6.07, 6.45) is 33.8. The average Bonchev–Trinajstić information content (AvgIpc) is 3.42. The molecule has 0 radical (unpaired) electrons. The van der Waals surface area contributed by atoms with E-state index in [0.717, 1.165) is 114 Å². The molecule has 0 aliphatic carbocycles. The van der Waals surface area contributed by atoms with Crippen molar-refractivity contribution in [3.05, 3.63) is 0 Å². The maximum absolute atomic E-state index is 13.0. The molecule has 480 valence electrons. The van der Waals surface area contributed by atoms with Gasteiger partial charge in [-0.1, -0.05) is 248 Å². The monoisotopic (exact) mass is 1200 g/mol. The maximum Gasteiger partial charge on any atom is 0.472 e. The molecule has 0 aromatic heterocycles. The van der Waals surface area contributed by atoms with Gasteiger partial charge in [0.25, 0.3) is 0 Å². The van der Waals surface area contributed by atoms with Crippen LogP contribution in [0.4, 0.5) is 0 Å². The van der Waals surface area contributed by atoms with E-state index in [-0.39, 0.29) is 25.7 Å². The lowest BCUT2D eigenvalue weighted by Crippen LogP contribution is -2.30. The summed E-state index contributed by atoms with van der Waals surface area (Å²) in [6, 6.07) is 0. The quantitative estimate of drug-likeness (QED) is 0.0222. The second kappa shape index (κ2) is 53.5. The third kappa shape index (κ3) is 55.7. The summed E-state index contributed by atoms with van der Waals surface area (Å²) in [7, 11) is -9.88. The van der Waals surface area contributed by atoms with Crippen molar-refractivity contribution in [1.82, 2.24) is 0 Å². The fraction of sp³-hybridized carbons (Fsp3) is 0.935. The molecular weight excluding hydrogens is 1080 g/mol. The molecule has 0 bridgehead atoms. The molecule has 0 spiro atoms. The summed E-state index contributed by atoms with van der Waals surface area (Å²) in [5, 5.41) is 10.5. The zero-order valence-electron chi connectivity index (χ0n) is 52.2. The average molecular weight is 1200 g/mol. The molecule has 0 aromatic rings. The number of phosphoric ester groups is 2. The standard InChI is InChI=1S/C62H120O17P2/c1-8-10-11-26-36-43-59(64)72-49-57(79-62(67)46-39-32-25-24-29-35-42-55(7)9-2)51-76-80(68,69)74-47-56(63)48-75-81(70,71)77-52-58(50-73-60(65)44-37-30-22-19-15-17-21-28-34-41-54(5)6)78-61(66)45-38-31-23-18-14-12-13-16-20-27-33-40-53(3)4/h53-58,63H,8-52H2,1-7H3,(H,68,69)(H,70,71)/t55?,56-,57+,58+/m0/s1. The number of ether oxygens (including phenoxy) is 4. The van der Waals surface area contributed by atoms with Crippen molar-refractivity contribution in [2.24, 2.45) is 17.8 Å². The van der Waals surface area contributed by atoms with E-state index in [1.165, 1.54) is 103 Å². The Hall–Kier alpha value is -1.94. The Bertz CT molecular complexity index is 1620. The summed E-state index contributed by atoms with van der Waals surface area (Å²) >= 11 is 0. The molecule has 0 aromatic carbocycles. The summed E-state index contributed by atoms with van der Waals surface area (Å²) < 4.78 is 67.7. The number of carbonyl (C=O) groups is 4. The second-order valence-electron chi connectivity index (χ2n) is 23.6. The smallest absolute Gasteiger partial charge is 0.462 e. The molecule has 17 nitrogen and oxygen atoms in total. The largest absolute Gasteiger partial charge is 0.472 e. The highest BCUT2D eigenvalue weighted by Crippen LogP contribution is 2.45. The first-order chi connectivity index (χ1) is 38.8. The molecule has 0 saturated heterocycles. The lowest BCUT2D eigenvalue weighted by molar-refractivity contribution is -0.161. The molecule has 0 fully saturated rings. The molecule has 0 saturated carbocycles. The highest BCUT2D eigenvalue weighted by Gasteiger charge is 2.30. The van der Waals surface area contributed by atoms with Crippen LogP contribution in [0.25, 0.3) is 0 Å². The predicted molar refractivity (Wildman–Crippen MR) is 321 cm³/mol. The summed E-state index contributed by atoms with van der Waals surface area (Å²) in [5.41, 5.74) is 0. The van der Waals surface area contributed by atoms with E-state index in [1.54, 1.807) is 0 Å². The van der Waals surface area contributed by atoms with Crippen LogP contribution in [0.5, 0.6) is 0 Å². The van der Waals surface area contributed by atoms with Gasteiger partial charge in [0.05, 0.1) is 26.4 Å². The second-order valence-corrected chi connectivity index (χ2v) is 26.5. The van der Waals surface area contributed by atoms with Gasteiger partial charge in [0.2, 0.25) is 0 Å². The normalized spacial score (nSPS) is 14.8. The van der Waals surface area contributed by atoms with E-state index in [9.17, 15) is 43.2 Å². The van der Waals surface area contributed by atoms with Crippen molar-refractivity contribution >= 4 is 39.5 Å². The van der Waals surface area contributed by atoms with Crippen LogP contribution in [-0.4, -0.2) is 96.7 Å². The van der Waals surface area contributed by atoms with E-state index < -0.39 is 97.5 Å². The fourth-order valence-electron chi connectivity index (χ4n) is 9.09. The summed E-state index contributed by atoms with van der Waals surface area (Å²) in [4.78, 5) is 71.9. The Balaban J connectivity index is 5.20. The van der Waals surface area contributed by atoms with Crippen molar-refractivity contribution in [2.75, 3.05) is 39.6 Å². The van der Waals surface area contributed by atoms with Gasteiger partial charge in [0.15, 0.2) is 12.2 Å². The Morgan fingerprint density at radius 2 is 0.630 bits per heavy atom. The highest BCUT2D eigenvalue weighted by atomic mass is 31.2. The lowest BCUT2D eigenvalue weighted by Gasteiger charge is -2.21. The van der Waals surface area contributed by atoms with Crippen LogP contribution in [0.3, 0.4) is 0 Å². The zero-order valence-corrected chi connectivity index (χ0v) is 54.0. The number of phosphoric acid groups is 2. The molecule has 19 heteroatoms. The van der Waals surface area contributed by atoms with Crippen LogP contribution >= 0.6 is 15.6 Å². The van der Waals surface area contributed by atoms with Gasteiger partial charge in [-0.3, -0.25) is 37.3 Å². The zero-order chi connectivity index (χ0) is 60.3. The Morgan fingerprint density at radius 1 is 0.358 bits per heavy atom. The Kier molecular flexibility index (Phi) is 52.2. The van der Waals surface area contributed by atoms with Crippen LogP contribution in [0, 0.1) is 17.8 Å². The fourth-order valence-corrected chi connectivity index (χ4v) is 10.7. The Labute approximate surface area is 492 Å². The van der Waals surface area contributed by atoms with Gasteiger partial charge in [-0.2, -0.15) is 0 Å². The predicted octanol–water partition coefficient (Wildman–Crippen LogP) is 16.7. The topological polar surface area (TPSA) is 237 Å². The minimum absolute atomic E-state index is 0.102. The third-order valence-corrected chi connectivity index (χ3v) is 16.4. The van der Waals surface area contributed by atoms with E-state index in [0.29, 0.717) is 25.7 Å². The lowest BCUT2D eigenvalue weighted by atomic mass is 10.00. The molecule has 0 aliphatic rings. The molecule has 6 atom stereocenters. The van der Waals surface area contributed by atoms with Gasteiger partial charge in [0, 0.05) is 25.7 Å². The van der Waals surface area contributed by atoms with E-state index in [4.69, 9.17) is 37.0 Å². The van der Waals surface area contributed by atoms with Gasteiger partial charge in [-0.05, 0) is 43.4 Å². The molecule has 3 unspecified atom stereocenters. The molecule has 0 heterocycles. The van der Waals surface area contributed by atoms with Crippen molar-refractivity contribution in [3.63, 3.8) is 0 Å². The number of esters is 4. The number of aliphatic hydroxyl groups excluding tert-OH is 1. The van der Waals surface area contributed by atoms with E-state index >= 15 is 0 Å². The molecular formula is C62H120O17P2. The number of carbonyl (C=O) groups excluding carboxylic acids is 4. The summed E-state index contributed by atoms with van der Waals surface area (Å²) in [5.74, 6) is 0.0785. The number of aliphatic hydroxyl groups is 1. The van der Waals surface area contributed by atoms with Gasteiger partial charge >= 0.3 is 39.5 Å². The van der Waals surface area contributed by atoms with Gasteiger partial charge in [-0.25, -0.2) is 9.13 Å². The van der Waals surface area contributed by atoms with E-state index in [1.807, 2.05) is 0 Å². The van der Waals surface area contributed by atoms with Crippen molar-refractivity contribution < 1.29 is 80.2 Å². The first kappa shape index (κ1) is 79.1.